The van der Waals surface area contributed by atoms with Gasteiger partial charge in [0.1, 0.15) is 5.75 Å². The van der Waals surface area contributed by atoms with Crippen LogP contribution in [0, 0.1) is 0 Å². The van der Waals surface area contributed by atoms with Crippen LogP contribution in [0.5, 0.6) is 5.75 Å². The fraction of sp³-hybridized carbons (Fsp3) is 0.143. The Bertz CT molecular complexity index is 560. The topological polar surface area (TPSA) is 66.8 Å². The first-order chi connectivity index (χ1) is 9.03. The zero-order valence-electron chi connectivity index (χ0n) is 10.3. The van der Waals surface area contributed by atoms with Gasteiger partial charge in [-0.15, -0.1) is 0 Å². The summed E-state index contributed by atoms with van der Waals surface area (Å²) < 4.78 is 15.7. The van der Waals surface area contributed by atoms with Gasteiger partial charge in [0.25, 0.3) is 0 Å². The van der Waals surface area contributed by atoms with Gasteiger partial charge in [-0.1, -0.05) is 42.5 Å². The van der Waals surface area contributed by atoms with Gasteiger partial charge in [-0.05, 0) is 29.7 Å². The van der Waals surface area contributed by atoms with Crippen LogP contribution < -0.4 is 4.74 Å². The molecule has 0 heterocycles. The Hall–Kier alpha value is -1.61. The van der Waals surface area contributed by atoms with Crippen LogP contribution in [-0.4, -0.2) is 16.1 Å². The molecule has 0 aromatic heterocycles. The number of hydrogen-bond acceptors (Lipinski definition) is 2. The second-order valence-corrected chi connectivity index (χ2v) is 5.83. The fourth-order valence-corrected chi connectivity index (χ4v) is 2.01. The van der Waals surface area contributed by atoms with Crippen LogP contribution in [0.15, 0.2) is 54.6 Å². The lowest BCUT2D eigenvalue weighted by Gasteiger charge is -2.08. The van der Waals surface area contributed by atoms with Gasteiger partial charge < -0.3 is 14.5 Å². The van der Waals surface area contributed by atoms with E-state index in [9.17, 15) is 4.57 Å². The maximum absolute atomic E-state index is 10.7. The molecule has 2 N–H and O–H groups in total. The molecule has 0 amide bonds. The Morgan fingerprint density at radius 3 is 2.05 bits per heavy atom. The zero-order chi connectivity index (χ0) is 13.7. The Morgan fingerprint density at radius 2 is 1.47 bits per heavy atom. The molecule has 0 aliphatic carbocycles. The lowest BCUT2D eigenvalue weighted by molar-refractivity contribution is 0.300. The lowest BCUT2D eigenvalue weighted by Crippen LogP contribution is -1.98. The SMILES string of the molecule is O=P(O)(O)COc1ccc(Cc2ccccc2)cc1. The summed E-state index contributed by atoms with van der Waals surface area (Å²) in [6.07, 6.45) is 0.227. The summed E-state index contributed by atoms with van der Waals surface area (Å²) in [5, 5.41) is 0. The first-order valence-electron chi connectivity index (χ1n) is 5.83. The molecule has 0 bridgehead atoms. The highest BCUT2D eigenvalue weighted by molar-refractivity contribution is 7.51. The van der Waals surface area contributed by atoms with Crippen molar-refractivity contribution in [1.29, 1.82) is 0 Å². The van der Waals surface area contributed by atoms with Crippen molar-refractivity contribution in [3.63, 3.8) is 0 Å². The van der Waals surface area contributed by atoms with Crippen LogP contribution in [0.4, 0.5) is 0 Å². The van der Waals surface area contributed by atoms with Crippen LogP contribution >= 0.6 is 7.60 Å². The summed E-state index contributed by atoms with van der Waals surface area (Å²) in [5.74, 6) is 0.458. The molecule has 0 saturated carbocycles. The lowest BCUT2D eigenvalue weighted by atomic mass is 10.1. The molecule has 0 aliphatic heterocycles. The fourth-order valence-electron chi connectivity index (χ4n) is 1.69. The highest BCUT2D eigenvalue weighted by atomic mass is 31.2. The maximum Gasteiger partial charge on any atom is 0.362 e. The van der Waals surface area contributed by atoms with E-state index in [2.05, 4.69) is 12.1 Å². The summed E-state index contributed by atoms with van der Waals surface area (Å²) in [7, 11) is -4.12. The third-order valence-electron chi connectivity index (χ3n) is 2.57. The number of ether oxygens (including phenoxy) is 1. The van der Waals surface area contributed by atoms with E-state index in [1.807, 2.05) is 30.3 Å². The Labute approximate surface area is 111 Å². The largest absolute Gasteiger partial charge is 0.481 e. The van der Waals surface area contributed by atoms with E-state index in [0.717, 1.165) is 12.0 Å². The minimum absolute atomic E-state index is 0.458. The molecule has 5 heteroatoms. The van der Waals surface area contributed by atoms with E-state index < -0.39 is 13.9 Å². The molecule has 0 radical (unpaired) electrons. The van der Waals surface area contributed by atoms with Crippen LogP contribution in [0.25, 0.3) is 0 Å². The number of hydrogen-bond donors (Lipinski definition) is 2. The van der Waals surface area contributed by atoms with Crippen molar-refractivity contribution in [2.24, 2.45) is 0 Å². The molecule has 100 valence electrons. The van der Waals surface area contributed by atoms with E-state index in [1.54, 1.807) is 12.1 Å². The third kappa shape index (κ3) is 4.87. The monoisotopic (exact) mass is 278 g/mol. The zero-order valence-corrected chi connectivity index (χ0v) is 11.2. The average Bonchev–Trinajstić information content (AvgIpc) is 2.38. The van der Waals surface area contributed by atoms with Crippen LogP contribution in [-0.2, 0) is 11.0 Å². The van der Waals surface area contributed by atoms with E-state index >= 15 is 0 Å². The summed E-state index contributed by atoms with van der Waals surface area (Å²) in [4.78, 5) is 17.4. The van der Waals surface area contributed by atoms with Crippen molar-refractivity contribution in [3.8, 4) is 5.75 Å². The van der Waals surface area contributed by atoms with Gasteiger partial charge >= 0.3 is 7.60 Å². The quantitative estimate of drug-likeness (QED) is 0.825. The normalized spacial score (nSPS) is 11.3. The third-order valence-corrected chi connectivity index (χ3v) is 3.04. The Morgan fingerprint density at radius 1 is 0.895 bits per heavy atom. The highest BCUT2D eigenvalue weighted by Crippen LogP contribution is 2.34. The molecule has 19 heavy (non-hydrogen) atoms. The molecule has 0 unspecified atom stereocenters. The van der Waals surface area contributed by atoms with Gasteiger partial charge in [0.05, 0.1) is 0 Å². The molecule has 2 rings (SSSR count). The van der Waals surface area contributed by atoms with Gasteiger partial charge in [0, 0.05) is 0 Å². The summed E-state index contributed by atoms with van der Waals surface area (Å²) >= 11 is 0. The molecule has 0 fully saturated rings. The predicted octanol–water partition coefficient (Wildman–Crippen LogP) is 2.79. The Kier molecular flexibility index (Phi) is 4.38. The van der Waals surface area contributed by atoms with Gasteiger partial charge in [-0.3, -0.25) is 4.57 Å². The molecule has 0 spiro atoms. The molecule has 0 atom stereocenters. The maximum atomic E-state index is 10.7. The van der Waals surface area contributed by atoms with Gasteiger partial charge in [0.2, 0.25) is 0 Å². The molecular formula is C14H15O4P. The van der Waals surface area contributed by atoms with E-state index in [-0.39, 0.29) is 0 Å². The smallest absolute Gasteiger partial charge is 0.362 e. The van der Waals surface area contributed by atoms with Crippen molar-refractivity contribution >= 4 is 7.60 Å². The van der Waals surface area contributed by atoms with Gasteiger partial charge in [-0.25, -0.2) is 0 Å². The van der Waals surface area contributed by atoms with Crippen molar-refractivity contribution in [2.45, 2.75) is 6.42 Å². The van der Waals surface area contributed by atoms with E-state index in [0.29, 0.717) is 5.75 Å². The molecule has 2 aromatic carbocycles. The molecule has 0 saturated heterocycles. The van der Waals surface area contributed by atoms with Crippen LogP contribution in [0.3, 0.4) is 0 Å². The minimum atomic E-state index is -4.12. The highest BCUT2D eigenvalue weighted by Gasteiger charge is 2.13. The van der Waals surface area contributed by atoms with Crippen molar-refractivity contribution in [2.75, 3.05) is 6.35 Å². The minimum Gasteiger partial charge on any atom is -0.481 e. The van der Waals surface area contributed by atoms with E-state index in [4.69, 9.17) is 14.5 Å². The van der Waals surface area contributed by atoms with Crippen LogP contribution in [0.2, 0.25) is 0 Å². The second kappa shape index (κ2) is 6.02. The molecule has 4 nitrogen and oxygen atoms in total. The van der Waals surface area contributed by atoms with Crippen LogP contribution in [0.1, 0.15) is 11.1 Å². The first-order valence-corrected chi connectivity index (χ1v) is 7.63. The van der Waals surface area contributed by atoms with Gasteiger partial charge in [0.15, 0.2) is 6.35 Å². The van der Waals surface area contributed by atoms with Gasteiger partial charge in [-0.2, -0.15) is 0 Å². The second-order valence-electron chi connectivity index (χ2n) is 4.24. The number of rotatable bonds is 5. The predicted molar refractivity (Wildman–Crippen MR) is 73.2 cm³/mol. The summed E-state index contributed by atoms with van der Waals surface area (Å²) in [6, 6.07) is 17.3. The van der Waals surface area contributed by atoms with Crippen molar-refractivity contribution < 1.29 is 19.1 Å². The molecule has 2 aromatic rings. The average molecular weight is 278 g/mol. The van der Waals surface area contributed by atoms with Crippen molar-refractivity contribution in [1.82, 2.24) is 0 Å². The standard InChI is InChI=1S/C14H15O4P/c15-19(16,17)11-18-14-8-6-13(7-9-14)10-12-4-2-1-3-5-12/h1-9H,10-11H2,(H2,15,16,17). The first kappa shape index (κ1) is 13.8. The van der Waals surface area contributed by atoms with Crippen molar-refractivity contribution in [3.05, 3.63) is 65.7 Å². The van der Waals surface area contributed by atoms with E-state index in [1.165, 1.54) is 5.56 Å². The molecular weight excluding hydrogens is 263 g/mol. The Balaban J connectivity index is 1.97. The number of benzene rings is 2. The summed E-state index contributed by atoms with van der Waals surface area (Å²) in [5.41, 5.74) is 2.33. The molecule has 0 aliphatic rings. The summed E-state index contributed by atoms with van der Waals surface area (Å²) in [6.45, 7) is 0.